The molecule has 0 saturated carbocycles. The smallest absolute Gasteiger partial charge is 0.256 e. The van der Waals surface area contributed by atoms with Gasteiger partial charge in [-0.3, -0.25) is 4.79 Å². The van der Waals surface area contributed by atoms with Crippen molar-refractivity contribution >= 4 is 17.5 Å². The number of nitrogens with one attached hydrogen (secondary N) is 1. The maximum absolute atomic E-state index is 13.8. The van der Waals surface area contributed by atoms with Crippen LogP contribution in [0.5, 0.6) is 0 Å². The molecular formula is C19H19ClFNO. The molecule has 23 heavy (non-hydrogen) atoms. The molecule has 0 aromatic heterocycles. The minimum Gasteiger partial charge on any atom is -0.345 e. The molecule has 120 valence electrons. The van der Waals surface area contributed by atoms with Gasteiger partial charge in [-0.2, -0.15) is 0 Å². The summed E-state index contributed by atoms with van der Waals surface area (Å²) in [6, 6.07) is 10.4. The monoisotopic (exact) mass is 331 g/mol. The molecule has 3 rings (SSSR count). The molecule has 2 aromatic carbocycles. The van der Waals surface area contributed by atoms with Crippen molar-refractivity contribution in [2.45, 2.75) is 38.6 Å². The van der Waals surface area contributed by atoms with Crippen LogP contribution in [0.4, 0.5) is 4.39 Å². The van der Waals surface area contributed by atoms with Crippen LogP contribution in [0.1, 0.15) is 52.9 Å². The van der Waals surface area contributed by atoms with Crippen LogP contribution >= 0.6 is 11.6 Å². The van der Waals surface area contributed by atoms with Crippen LogP contribution in [0.2, 0.25) is 5.02 Å². The highest BCUT2D eigenvalue weighted by atomic mass is 35.5. The first-order valence-corrected chi connectivity index (χ1v) is 8.30. The Labute approximate surface area is 140 Å². The third kappa shape index (κ3) is 3.40. The Morgan fingerprint density at radius 1 is 1.17 bits per heavy atom. The van der Waals surface area contributed by atoms with Gasteiger partial charge in [-0.25, -0.2) is 4.39 Å². The second kappa shape index (κ2) is 6.71. The molecule has 2 nitrogen and oxygen atoms in total. The average molecular weight is 332 g/mol. The molecule has 1 atom stereocenters. The number of halogens is 2. The molecule has 1 aliphatic carbocycles. The number of hydrogen-bond acceptors (Lipinski definition) is 1. The molecule has 4 heteroatoms. The summed E-state index contributed by atoms with van der Waals surface area (Å²) in [6.07, 6.45) is 4.66. The van der Waals surface area contributed by atoms with Crippen molar-refractivity contribution in [2.75, 3.05) is 0 Å². The van der Waals surface area contributed by atoms with E-state index in [1.807, 2.05) is 13.0 Å². The van der Waals surface area contributed by atoms with Gasteiger partial charge in [-0.1, -0.05) is 35.9 Å². The predicted molar refractivity (Wildman–Crippen MR) is 90.4 cm³/mol. The van der Waals surface area contributed by atoms with E-state index < -0.39 is 11.7 Å². The Bertz CT molecular complexity index is 724. The lowest BCUT2D eigenvalue weighted by atomic mass is 9.89. The van der Waals surface area contributed by atoms with Crippen molar-refractivity contribution in [3.05, 3.63) is 69.5 Å². The van der Waals surface area contributed by atoms with Gasteiger partial charge in [0.15, 0.2) is 0 Å². The normalized spacial score (nSPS) is 14.9. The fraction of sp³-hybridized carbons (Fsp3) is 0.316. The molecule has 0 radical (unpaired) electrons. The van der Waals surface area contributed by atoms with E-state index in [9.17, 15) is 9.18 Å². The quantitative estimate of drug-likeness (QED) is 0.856. The molecular weight excluding hydrogens is 313 g/mol. The van der Waals surface area contributed by atoms with Gasteiger partial charge in [0, 0.05) is 0 Å². The van der Waals surface area contributed by atoms with Gasteiger partial charge in [0.25, 0.3) is 5.91 Å². The van der Waals surface area contributed by atoms with E-state index in [4.69, 9.17) is 11.6 Å². The second-order valence-corrected chi connectivity index (χ2v) is 6.43. The lowest BCUT2D eigenvalue weighted by Crippen LogP contribution is -2.28. The topological polar surface area (TPSA) is 29.1 Å². The Kier molecular flexibility index (Phi) is 4.67. The van der Waals surface area contributed by atoms with Crippen LogP contribution in [0, 0.1) is 5.82 Å². The molecule has 0 bridgehead atoms. The summed E-state index contributed by atoms with van der Waals surface area (Å²) < 4.78 is 13.8. The number of hydrogen-bond donors (Lipinski definition) is 1. The van der Waals surface area contributed by atoms with E-state index in [2.05, 4.69) is 17.4 Å². The lowest BCUT2D eigenvalue weighted by molar-refractivity contribution is 0.0936. The lowest BCUT2D eigenvalue weighted by Gasteiger charge is -2.20. The largest absolute Gasteiger partial charge is 0.345 e. The van der Waals surface area contributed by atoms with E-state index in [1.165, 1.54) is 42.2 Å². The van der Waals surface area contributed by atoms with Crippen LogP contribution in [0.25, 0.3) is 0 Å². The zero-order chi connectivity index (χ0) is 16.4. The number of carbonyl (C=O) groups is 1. The highest BCUT2D eigenvalue weighted by Crippen LogP contribution is 2.25. The van der Waals surface area contributed by atoms with Crippen molar-refractivity contribution < 1.29 is 9.18 Å². The Hall–Kier alpha value is -1.87. The van der Waals surface area contributed by atoms with E-state index in [0.717, 1.165) is 18.4 Å². The third-order valence-electron chi connectivity index (χ3n) is 4.41. The number of aryl methyl sites for hydroxylation is 2. The SMILES string of the molecule is C[C@H](NC(=O)c1c(F)cccc1Cl)c1ccc2c(c1)CCCC2. The summed E-state index contributed by atoms with van der Waals surface area (Å²) >= 11 is 5.95. The molecule has 0 saturated heterocycles. The molecule has 0 fully saturated rings. The van der Waals surface area contributed by atoms with E-state index in [0.29, 0.717) is 0 Å². The number of rotatable bonds is 3. The molecule has 0 heterocycles. The molecule has 1 N–H and O–H groups in total. The summed E-state index contributed by atoms with van der Waals surface area (Å²) in [4.78, 5) is 12.3. The van der Waals surface area contributed by atoms with Gasteiger partial charge in [-0.05, 0) is 61.4 Å². The van der Waals surface area contributed by atoms with E-state index >= 15 is 0 Å². The van der Waals surface area contributed by atoms with Gasteiger partial charge >= 0.3 is 0 Å². The fourth-order valence-electron chi connectivity index (χ4n) is 3.09. The van der Waals surface area contributed by atoms with Crippen LogP contribution in [-0.4, -0.2) is 5.91 Å². The van der Waals surface area contributed by atoms with Crippen LogP contribution in [-0.2, 0) is 12.8 Å². The summed E-state index contributed by atoms with van der Waals surface area (Å²) in [5, 5.41) is 2.96. The van der Waals surface area contributed by atoms with Crippen molar-refractivity contribution in [3.63, 3.8) is 0 Å². The van der Waals surface area contributed by atoms with Crippen molar-refractivity contribution in [1.82, 2.24) is 5.32 Å². The highest BCUT2D eigenvalue weighted by molar-refractivity contribution is 6.33. The van der Waals surface area contributed by atoms with Crippen LogP contribution in [0.15, 0.2) is 36.4 Å². The van der Waals surface area contributed by atoms with Gasteiger partial charge in [-0.15, -0.1) is 0 Å². The maximum atomic E-state index is 13.8. The second-order valence-electron chi connectivity index (χ2n) is 6.03. The predicted octanol–water partition coefficient (Wildman–Crippen LogP) is 4.85. The number of benzene rings is 2. The van der Waals surface area contributed by atoms with Crippen molar-refractivity contribution in [2.24, 2.45) is 0 Å². The summed E-state index contributed by atoms with van der Waals surface area (Å²) in [5.74, 6) is -1.09. The first kappa shape index (κ1) is 16.0. The van der Waals surface area contributed by atoms with Crippen molar-refractivity contribution in [3.8, 4) is 0 Å². The number of fused-ring (bicyclic) bond motifs is 1. The van der Waals surface area contributed by atoms with Gasteiger partial charge < -0.3 is 5.32 Å². The van der Waals surface area contributed by atoms with Crippen LogP contribution < -0.4 is 5.32 Å². The Morgan fingerprint density at radius 3 is 2.65 bits per heavy atom. The molecule has 0 spiro atoms. The van der Waals surface area contributed by atoms with Crippen molar-refractivity contribution in [1.29, 1.82) is 0 Å². The fourth-order valence-corrected chi connectivity index (χ4v) is 3.34. The van der Waals surface area contributed by atoms with E-state index in [1.54, 1.807) is 0 Å². The maximum Gasteiger partial charge on any atom is 0.256 e. The number of amides is 1. The van der Waals surface area contributed by atoms with E-state index in [-0.39, 0.29) is 16.6 Å². The molecule has 1 amide bonds. The average Bonchev–Trinajstić information content (AvgIpc) is 2.54. The summed E-state index contributed by atoms with van der Waals surface area (Å²) in [7, 11) is 0. The van der Waals surface area contributed by atoms with Gasteiger partial charge in [0.1, 0.15) is 5.82 Å². The van der Waals surface area contributed by atoms with Gasteiger partial charge in [0.2, 0.25) is 0 Å². The third-order valence-corrected chi connectivity index (χ3v) is 4.72. The zero-order valence-electron chi connectivity index (χ0n) is 13.0. The Morgan fingerprint density at radius 2 is 1.91 bits per heavy atom. The first-order valence-electron chi connectivity index (χ1n) is 7.93. The highest BCUT2D eigenvalue weighted by Gasteiger charge is 2.19. The minimum atomic E-state index is -0.604. The Balaban J connectivity index is 1.79. The zero-order valence-corrected chi connectivity index (χ0v) is 13.8. The summed E-state index contributed by atoms with van der Waals surface area (Å²) in [6.45, 7) is 1.90. The molecule has 2 aromatic rings. The summed E-state index contributed by atoms with van der Waals surface area (Å²) in [5.41, 5.74) is 3.69. The minimum absolute atomic E-state index is 0.0982. The van der Waals surface area contributed by atoms with Crippen LogP contribution in [0.3, 0.4) is 0 Å². The molecule has 1 aliphatic rings. The first-order chi connectivity index (χ1) is 11.1. The molecule has 0 aliphatic heterocycles. The molecule has 0 unspecified atom stereocenters. The standard InChI is InChI=1S/C19H19ClFNO/c1-12(14-10-9-13-5-2-3-6-15(13)11-14)22-19(23)18-16(20)7-4-8-17(18)21/h4,7-12H,2-3,5-6H2,1H3,(H,22,23)/t12-/m0/s1. The number of carbonyl (C=O) groups excluding carboxylic acids is 1. The van der Waals surface area contributed by atoms with Gasteiger partial charge in [0.05, 0.1) is 16.6 Å².